The highest BCUT2D eigenvalue weighted by atomic mass is 16.6. The number of alkyl carbamates (subject to hydrolysis) is 1. The van der Waals surface area contributed by atoms with Crippen molar-refractivity contribution < 1.29 is 33.4 Å². The van der Waals surface area contributed by atoms with Gasteiger partial charge in [-0.25, -0.2) is 4.79 Å². The van der Waals surface area contributed by atoms with Crippen LogP contribution in [0.2, 0.25) is 0 Å². The molecule has 5 atom stereocenters. The molecule has 3 rings (SSSR count). The van der Waals surface area contributed by atoms with Crippen molar-refractivity contribution in [2.45, 2.75) is 116 Å². The van der Waals surface area contributed by atoms with Crippen LogP contribution in [0.4, 0.5) is 4.79 Å². The molecule has 2 aliphatic rings. The number of rotatable bonds is 15. The number of amides is 5. The van der Waals surface area contributed by atoms with Crippen LogP contribution < -0.4 is 26.6 Å². The van der Waals surface area contributed by atoms with Crippen molar-refractivity contribution in [1.82, 2.24) is 26.6 Å². The SMILES string of the molecule is C=CC(=O)N[C@H](C[C@@H]1CCNC1=O)NC(=O)[C@H](CC1CCCCC1)NC(=O)[C@@H](NC(=O)OCc1ccccc1)[C@@H](C)OC(C)(C)C. The Balaban J connectivity index is 1.79. The number of carbonyl (C=O) groups excluding carboxylic acids is 5. The van der Waals surface area contributed by atoms with Crippen molar-refractivity contribution in [2.24, 2.45) is 11.8 Å². The first-order valence-corrected chi connectivity index (χ1v) is 16.3. The van der Waals surface area contributed by atoms with Crippen molar-refractivity contribution in [2.75, 3.05) is 6.54 Å². The quantitative estimate of drug-likeness (QED) is 0.145. The molecule has 0 bridgehead atoms. The zero-order valence-corrected chi connectivity index (χ0v) is 27.6. The Kier molecular flexibility index (Phi) is 14.0. The van der Waals surface area contributed by atoms with Crippen molar-refractivity contribution in [1.29, 1.82) is 0 Å². The van der Waals surface area contributed by atoms with Gasteiger partial charge in [0.2, 0.25) is 23.6 Å². The monoisotopic (exact) mass is 641 g/mol. The van der Waals surface area contributed by atoms with E-state index in [0.29, 0.717) is 19.4 Å². The molecule has 0 aromatic heterocycles. The molecule has 1 aliphatic heterocycles. The van der Waals surface area contributed by atoms with Crippen molar-refractivity contribution in [3.8, 4) is 0 Å². The van der Waals surface area contributed by atoms with Gasteiger partial charge < -0.3 is 36.1 Å². The number of hydrogen-bond acceptors (Lipinski definition) is 7. The van der Waals surface area contributed by atoms with E-state index in [1.807, 2.05) is 51.1 Å². The summed E-state index contributed by atoms with van der Waals surface area (Å²) >= 11 is 0. The highest BCUT2D eigenvalue weighted by Gasteiger charge is 2.36. The molecular formula is C34H51N5O7. The van der Waals surface area contributed by atoms with E-state index in [4.69, 9.17) is 9.47 Å². The van der Waals surface area contributed by atoms with E-state index in [9.17, 15) is 24.0 Å². The first kappa shape index (κ1) is 36.5. The molecule has 1 aromatic carbocycles. The fourth-order valence-electron chi connectivity index (χ4n) is 5.97. The van der Waals surface area contributed by atoms with Gasteiger partial charge in [-0.1, -0.05) is 69.0 Å². The fourth-order valence-corrected chi connectivity index (χ4v) is 5.97. The molecule has 1 heterocycles. The van der Waals surface area contributed by atoms with Gasteiger partial charge in [0.05, 0.1) is 11.7 Å². The van der Waals surface area contributed by atoms with Gasteiger partial charge in [0.25, 0.3) is 0 Å². The predicted molar refractivity (Wildman–Crippen MR) is 173 cm³/mol. The Morgan fingerprint density at radius 1 is 0.957 bits per heavy atom. The molecule has 1 aromatic rings. The molecule has 2 fully saturated rings. The first-order chi connectivity index (χ1) is 21.8. The maximum Gasteiger partial charge on any atom is 0.408 e. The minimum absolute atomic E-state index is 0.0130. The standard InChI is InChI=1S/C34H51N5O7/c1-6-28(40)37-27(20-25-17-18-35-30(25)41)38-31(42)26(19-23-13-9-7-10-14-23)36-32(43)29(22(2)46-34(3,4)5)39-33(44)45-21-24-15-11-8-12-16-24/h6,8,11-12,15-16,22-23,25-27,29H,1,7,9-10,13-14,17-21H2,2-5H3,(H,35,41)(H,36,43)(H,37,40)(H,38,42)(H,39,44)/t22-,25+,26+,27+,29+/m1/s1. The topological polar surface area (TPSA) is 164 Å². The molecule has 12 nitrogen and oxygen atoms in total. The number of nitrogens with one attached hydrogen (secondary N) is 5. The molecule has 254 valence electrons. The molecular weight excluding hydrogens is 590 g/mol. The highest BCUT2D eigenvalue weighted by molar-refractivity contribution is 5.92. The number of benzene rings is 1. The van der Waals surface area contributed by atoms with Gasteiger partial charge in [0.1, 0.15) is 24.9 Å². The second-order valence-corrected chi connectivity index (χ2v) is 13.2. The van der Waals surface area contributed by atoms with Crippen LogP contribution in [0.1, 0.15) is 84.6 Å². The van der Waals surface area contributed by atoms with Gasteiger partial charge in [-0.15, -0.1) is 0 Å². The van der Waals surface area contributed by atoms with Crippen LogP contribution in [0.5, 0.6) is 0 Å². The third kappa shape index (κ3) is 12.5. The molecule has 1 aliphatic carbocycles. The Bertz CT molecular complexity index is 1200. The summed E-state index contributed by atoms with van der Waals surface area (Å²) in [7, 11) is 0. The summed E-state index contributed by atoms with van der Waals surface area (Å²) in [6.45, 7) is 11.2. The van der Waals surface area contributed by atoms with Crippen LogP contribution in [0, 0.1) is 11.8 Å². The van der Waals surface area contributed by atoms with E-state index in [1.165, 1.54) is 0 Å². The maximum atomic E-state index is 13.9. The summed E-state index contributed by atoms with van der Waals surface area (Å²) in [5, 5.41) is 13.8. The molecule has 0 unspecified atom stereocenters. The minimum atomic E-state index is -1.18. The van der Waals surface area contributed by atoms with Crippen LogP contribution in [0.25, 0.3) is 0 Å². The van der Waals surface area contributed by atoms with Gasteiger partial charge in [0, 0.05) is 12.5 Å². The Morgan fingerprint density at radius 3 is 2.26 bits per heavy atom. The number of hydrogen-bond donors (Lipinski definition) is 5. The summed E-state index contributed by atoms with van der Waals surface area (Å²) in [5.41, 5.74) is 0.158. The van der Waals surface area contributed by atoms with Crippen molar-refractivity contribution in [3.05, 3.63) is 48.6 Å². The lowest BCUT2D eigenvalue weighted by molar-refractivity contribution is -0.136. The largest absolute Gasteiger partial charge is 0.445 e. The Hall–Kier alpha value is -3.93. The summed E-state index contributed by atoms with van der Waals surface area (Å²) in [6, 6.07) is 7.02. The average Bonchev–Trinajstić information content (AvgIpc) is 3.42. The van der Waals surface area contributed by atoms with E-state index >= 15 is 0 Å². The lowest BCUT2D eigenvalue weighted by Crippen LogP contribution is -2.60. The fraction of sp³-hybridized carbons (Fsp3) is 0.618. The van der Waals surface area contributed by atoms with Crippen LogP contribution in [0.15, 0.2) is 43.0 Å². The first-order valence-electron chi connectivity index (χ1n) is 16.3. The van der Waals surface area contributed by atoms with Crippen molar-refractivity contribution >= 4 is 29.7 Å². The molecule has 1 saturated heterocycles. The molecule has 5 amide bonds. The van der Waals surface area contributed by atoms with Crippen LogP contribution in [-0.4, -0.2) is 66.2 Å². The lowest BCUT2D eigenvalue weighted by Gasteiger charge is -2.33. The lowest BCUT2D eigenvalue weighted by atomic mass is 9.84. The molecule has 0 radical (unpaired) electrons. The second-order valence-electron chi connectivity index (χ2n) is 13.2. The van der Waals surface area contributed by atoms with E-state index in [1.54, 1.807) is 6.92 Å². The number of carbonyl (C=O) groups is 5. The van der Waals surface area contributed by atoms with Gasteiger partial charge in [-0.05, 0) is 64.5 Å². The molecule has 46 heavy (non-hydrogen) atoms. The predicted octanol–water partition coefficient (Wildman–Crippen LogP) is 3.21. The minimum Gasteiger partial charge on any atom is -0.445 e. The van der Waals surface area contributed by atoms with E-state index in [-0.39, 0.29) is 30.8 Å². The average molecular weight is 642 g/mol. The summed E-state index contributed by atoms with van der Waals surface area (Å²) in [6.07, 6.45) is 4.86. The summed E-state index contributed by atoms with van der Waals surface area (Å²) < 4.78 is 11.4. The zero-order chi connectivity index (χ0) is 33.7. The maximum absolute atomic E-state index is 13.9. The highest BCUT2D eigenvalue weighted by Crippen LogP contribution is 2.28. The summed E-state index contributed by atoms with van der Waals surface area (Å²) in [4.78, 5) is 65.1. The zero-order valence-electron chi connectivity index (χ0n) is 27.6. The van der Waals surface area contributed by atoms with E-state index in [0.717, 1.165) is 43.7 Å². The third-order valence-electron chi connectivity index (χ3n) is 8.21. The van der Waals surface area contributed by atoms with Gasteiger partial charge >= 0.3 is 6.09 Å². The third-order valence-corrected chi connectivity index (χ3v) is 8.21. The van der Waals surface area contributed by atoms with Crippen LogP contribution >= 0.6 is 0 Å². The van der Waals surface area contributed by atoms with Gasteiger partial charge in [-0.3, -0.25) is 19.2 Å². The van der Waals surface area contributed by atoms with Crippen LogP contribution in [0.3, 0.4) is 0 Å². The molecule has 5 N–H and O–H groups in total. The Labute approximate surface area is 272 Å². The van der Waals surface area contributed by atoms with Crippen molar-refractivity contribution in [3.63, 3.8) is 0 Å². The van der Waals surface area contributed by atoms with E-state index in [2.05, 4.69) is 33.2 Å². The smallest absolute Gasteiger partial charge is 0.408 e. The normalized spacial score (nSPS) is 19.5. The van der Waals surface area contributed by atoms with Gasteiger partial charge in [0.15, 0.2) is 0 Å². The molecule has 0 spiro atoms. The molecule has 1 saturated carbocycles. The molecule has 12 heteroatoms. The van der Waals surface area contributed by atoms with E-state index < -0.39 is 53.8 Å². The van der Waals surface area contributed by atoms with Crippen LogP contribution in [-0.2, 0) is 35.3 Å². The number of ether oxygens (including phenoxy) is 2. The Morgan fingerprint density at radius 2 is 1.65 bits per heavy atom. The summed E-state index contributed by atoms with van der Waals surface area (Å²) in [5.74, 6) is -1.92. The second kappa shape index (κ2) is 17.7. The van der Waals surface area contributed by atoms with Gasteiger partial charge in [-0.2, -0.15) is 0 Å².